The summed E-state index contributed by atoms with van der Waals surface area (Å²) in [7, 11) is 0. The van der Waals surface area contributed by atoms with Crippen LogP contribution in [0.2, 0.25) is 0 Å². The van der Waals surface area contributed by atoms with E-state index >= 15 is 0 Å². The Labute approximate surface area is 178 Å². The highest BCUT2D eigenvalue weighted by atomic mass is 32.1. The van der Waals surface area contributed by atoms with E-state index in [0.29, 0.717) is 35.3 Å². The summed E-state index contributed by atoms with van der Waals surface area (Å²) >= 11 is 1.31. The van der Waals surface area contributed by atoms with Crippen LogP contribution in [0.25, 0.3) is 0 Å². The largest absolute Gasteiger partial charge is 0.396 e. The van der Waals surface area contributed by atoms with Gasteiger partial charge in [0.2, 0.25) is 5.78 Å². The number of anilines is 1. The number of ketones is 1. The highest BCUT2D eigenvalue weighted by Gasteiger charge is 2.38. The van der Waals surface area contributed by atoms with Gasteiger partial charge < -0.3 is 10.4 Å². The molecule has 0 bridgehead atoms. The maximum absolute atomic E-state index is 13.4. The van der Waals surface area contributed by atoms with Gasteiger partial charge in [0.1, 0.15) is 12.1 Å². The molecule has 0 aromatic carbocycles. The second-order valence-electron chi connectivity index (χ2n) is 8.48. The maximum atomic E-state index is 13.4. The van der Waals surface area contributed by atoms with Crippen molar-refractivity contribution in [2.45, 2.75) is 44.7 Å². The van der Waals surface area contributed by atoms with E-state index in [0.717, 1.165) is 18.4 Å². The zero-order valence-corrected chi connectivity index (χ0v) is 17.7. The third-order valence-electron chi connectivity index (χ3n) is 6.11. The molecule has 3 atom stereocenters. The van der Waals surface area contributed by atoms with Crippen LogP contribution in [0.4, 0.5) is 14.6 Å². The number of nitrogens with zero attached hydrogens (tertiary/aromatic N) is 3. The average Bonchev–Trinajstić information content (AvgIpc) is 3.41. The van der Waals surface area contributed by atoms with Crippen molar-refractivity contribution in [3.8, 4) is 0 Å². The van der Waals surface area contributed by atoms with Gasteiger partial charge in [-0.15, -0.1) is 11.3 Å². The van der Waals surface area contributed by atoms with Gasteiger partial charge >= 0.3 is 0 Å². The Morgan fingerprint density at radius 1 is 1.43 bits per heavy atom. The zero-order chi connectivity index (χ0) is 21.3. The van der Waals surface area contributed by atoms with E-state index in [9.17, 15) is 18.7 Å². The fourth-order valence-electron chi connectivity index (χ4n) is 4.42. The smallest absolute Gasteiger partial charge is 0.261 e. The molecule has 0 spiro atoms. The number of aromatic nitrogens is 2. The van der Waals surface area contributed by atoms with E-state index < -0.39 is 5.92 Å². The highest BCUT2D eigenvalue weighted by Crippen LogP contribution is 2.34. The number of hydrogen-bond acceptors (Lipinski definition) is 7. The van der Waals surface area contributed by atoms with Crippen LogP contribution < -0.4 is 5.32 Å². The summed E-state index contributed by atoms with van der Waals surface area (Å²) in [5.74, 6) is -1.64. The molecule has 0 unspecified atom stereocenters. The van der Waals surface area contributed by atoms with Crippen molar-refractivity contribution in [2.75, 3.05) is 25.0 Å². The van der Waals surface area contributed by atoms with Gasteiger partial charge in [-0.2, -0.15) is 0 Å². The SMILES string of the molecule is C[C@H]1C[C@H](Nc2ncncc2C(=O)c2cc(CN3CCC(F)(F)C3)cs2)C[C@@H]1CO. The normalized spacial score (nSPS) is 26.2. The molecule has 9 heteroatoms. The second kappa shape index (κ2) is 8.64. The molecule has 6 nitrogen and oxygen atoms in total. The minimum absolute atomic E-state index is 0.115. The molecular formula is C21H26F2N4O2S. The van der Waals surface area contributed by atoms with Crippen LogP contribution in [0.15, 0.2) is 24.0 Å². The Morgan fingerprint density at radius 3 is 2.97 bits per heavy atom. The Balaban J connectivity index is 1.45. The molecule has 1 saturated carbocycles. The van der Waals surface area contributed by atoms with Gasteiger partial charge in [-0.05, 0) is 41.7 Å². The van der Waals surface area contributed by atoms with Gasteiger partial charge in [0, 0.05) is 38.4 Å². The van der Waals surface area contributed by atoms with Gasteiger partial charge in [-0.1, -0.05) is 6.92 Å². The third-order valence-corrected chi connectivity index (χ3v) is 7.09. The minimum Gasteiger partial charge on any atom is -0.396 e. The number of hydrogen-bond donors (Lipinski definition) is 2. The molecule has 0 amide bonds. The van der Waals surface area contributed by atoms with Crippen molar-refractivity contribution in [2.24, 2.45) is 11.8 Å². The number of aliphatic hydroxyl groups is 1. The summed E-state index contributed by atoms with van der Waals surface area (Å²) in [6.45, 7) is 2.83. The van der Waals surface area contributed by atoms with E-state index in [1.807, 2.05) is 5.38 Å². The molecule has 2 N–H and O–H groups in total. The summed E-state index contributed by atoms with van der Waals surface area (Å²) in [4.78, 5) is 23.7. The van der Waals surface area contributed by atoms with Crippen LogP contribution in [0.5, 0.6) is 0 Å². The lowest BCUT2D eigenvalue weighted by Crippen LogP contribution is -2.24. The molecule has 2 aromatic heterocycles. The summed E-state index contributed by atoms with van der Waals surface area (Å²) in [6.07, 6.45) is 4.55. The monoisotopic (exact) mass is 436 g/mol. The number of carbonyl (C=O) groups excluding carboxylic acids is 1. The average molecular weight is 437 g/mol. The van der Waals surface area contributed by atoms with Gasteiger partial charge in [-0.25, -0.2) is 18.7 Å². The predicted octanol–water partition coefficient (Wildman–Crippen LogP) is 3.43. The Bertz CT molecular complexity index is 907. The molecule has 162 valence electrons. The number of alkyl halides is 2. The second-order valence-corrected chi connectivity index (χ2v) is 9.39. The van der Waals surface area contributed by atoms with Gasteiger partial charge in [-0.3, -0.25) is 9.69 Å². The molecule has 2 aromatic rings. The van der Waals surface area contributed by atoms with Crippen molar-refractivity contribution in [3.05, 3.63) is 40.0 Å². The first-order chi connectivity index (χ1) is 14.3. The molecule has 3 heterocycles. The fourth-order valence-corrected chi connectivity index (χ4v) is 5.28. The molecule has 1 saturated heterocycles. The summed E-state index contributed by atoms with van der Waals surface area (Å²) in [5.41, 5.74) is 1.27. The van der Waals surface area contributed by atoms with Gasteiger partial charge in [0.05, 0.1) is 17.0 Å². The molecule has 0 radical (unpaired) electrons. The van der Waals surface area contributed by atoms with E-state index in [-0.39, 0.29) is 37.3 Å². The lowest BCUT2D eigenvalue weighted by Gasteiger charge is -2.15. The molecule has 1 aliphatic carbocycles. The van der Waals surface area contributed by atoms with Crippen molar-refractivity contribution >= 4 is 22.9 Å². The van der Waals surface area contributed by atoms with E-state index in [2.05, 4.69) is 22.2 Å². The molecule has 2 aliphatic rings. The minimum atomic E-state index is -2.62. The van der Waals surface area contributed by atoms with Gasteiger partial charge in [0.25, 0.3) is 5.92 Å². The van der Waals surface area contributed by atoms with Crippen LogP contribution in [0.1, 0.15) is 47.0 Å². The van der Waals surface area contributed by atoms with E-state index in [1.54, 1.807) is 11.0 Å². The number of rotatable bonds is 7. The summed E-state index contributed by atoms with van der Waals surface area (Å²) in [5, 5.41) is 14.7. The van der Waals surface area contributed by atoms with Crippen molar-refractivity contribution in [3.63, 3.8) is 0 Å². The lowest BCUT2D eigenvalue weighted by molar-refractivity contribution is 0.0115. The van der Waals surface area contributed by atoms with Crippen LogP contribution in [-0.2, 0) is 6.54 Å². The zero-order valence-electron chi connectivity index (χ0n) is 16.9. The van der Waals surface area contributed by atoms with Crippen molar-refractivity contribution in [1.29, 1.82) is 0 Å². The number of likely N-dealkylation sites (tertiary alicyclic amines) is 1. The number of halogens is 2. The molecule has 2 fully saturated rings. The Morgan fingerprint density at radius 2 is 2.27 bits per heavy atom. The van der Waals surface area contributed by atoms with Crippen molar-refractivity contribution < 1.29 is 18.7 Å². The third kappa shape index (κ3) is 4.68. The van der Waals surface area contributed by atoms with Crippen LogP contribution in [0.3, 0.4) is 0 Å². The topological polar surface area (TPSA) is 78.4 Å². The number of carbonyl (C=O) groups is 1. The van der Waals surface area contributed by atoms with Crippen LogP contribution in [-0.4, -0.2) is 57.4 Å². The lowest BCUT2D eigenvalue weighted by atomic mass is 10.00. The van der Waals surface area contributed by atoms with Crippen LogP contribution >= 0.6 is 11.3 Å². The van der Waals surface area contributed by atoms with Crippen LogP contribution in [0, 0.1) is 11.8 Å². The standard InChI is InChI=1S/C21H26F2N4O2S/c1-13-4-16(6-15(13)9-28)26-20-17(7-24-12-25-20)19(29)18-5-14(10-30-18)8-27-3-2-21(22,23)11-27/h5,7,10,12-13,15-16,28H,2-4,6,8-9,11H2,1H3,(H,24,25,26)/t13-,15+,16-/m0/s1. The number of aliphatic hydroxyl groups excluding tert-OH is 1. The van der Waals surface area contributed by atoms with E-state index in [4.69, 9.17) is 0 Å². The fraction of sp³-hybridized carbons (Fsp3) is 0.571. The van der Waals surface area contributed by atoms with E-state index in [1.165, 1.54) is 23.9 Å². The summed E-state index contributed by atoms with van der Waals surface area (Å²) < 4.78 is 26.8. The Kier molecular flexibility index (Phi) is 6.13. The molecule has 1 aliphatic heterocycles. The van der Waals surface area contributed by atoms with Crippen molar-refractivity contribution in [1.82, 2.24) is 14.9 Å². The highest BCUT2D eigenvalue weighted by molar-refractivity contribution is 7.12. The quantitative estimate of drug-likeness (QED) is 0.648. The summed E-state index contributed by atoms with van der Waals surface area (Å²) in [6, 6.07) is 1.92. The predicted molar refractivity (Wildman–Crippen MR) is 111 cm³/mol. The molecule has 30 heavy (non-hydrogen) atoms. The Hall–Kier alpha value is -1.97. The maximum Gasteiger partial charge on any atom is 0.261 e. The van der Waals surface area contributed by atoms with Gasteiger partial charge in [0.15, 0.2) is 0 Å². The molecular weight excluding hydrogens is 410 g/mol. The first kappa shape index (κ1) is 21.3. The number of nitrogens with one attached hydrogen (secondary N) is 1. The first-order valence-electron chi connectivity index (χ1n) is 10.2. The number of thiophene rings is 1. The first-order valence-corrected chi connectivity index (χ1v) is 11.1. The molecule has 4 rings (SSSR count).